The minimum atomic E-state index is 0.247. The van der Waals surface area contributed by atoms with Crippen molar-refractivity contribution in [1.82, 2.24) is 4.90 Å². The first-order valence-corrected chi connectivity index (χ1v) is 7.79. The van der Waals surface area contributed by atoms with E-state index in [-0.39, 0.29) is 5.91 Å². The van der Waals surface area contributed by atoms with Crippen molar-refractivity contribution < 1.29 is 4.79 Å². The van der Waals surface area contributed by atoms with Gasteiger partial charge in [0.2, 0.25) is 5.91 Å². The van der Waals surface area contributed by atoms with Gasteiger partial charge in [-0.05, 0) is 36.5 Å². The number of likely N-dealkylation sites (tertiary alicyclic amines) is 1. The van der Waals surface area contributed by atoms with Crippen molar-refractivity contribution >= 4 is 23.2 Å². The smallest absolute Gasteiger partial charge is 0.222 e. The second-order valence-electron chi connectivity index (χ2n) is 5.65. The molecule has 1 aliphatic heterocycles. The van der Waals surface area contributed by atoms with Crippen LogP contribution in [-0.4, -0.2) is 17.4 Å². The molecule has 1 atom stereocenters. The Kier molecular flexibility index (Phi) is 5.30. The van der Waals surface area contributed by atoms with Crippen molar-refractivity contribution in [2.45, 2.75) is 45.6 Å². The average molecular weight is 295 g/mol. The van der Waals surface area contributed by atoms with Crippen LogP contribution in [0, 0.1) is 5.92 Å². The number of anilines is 1. The lowest BCUT2D eigenvalue weighted by Gasteiger charge is -2.21. The first kappa shape index (κ1) is 15.2. The molecule has 0 spiro atoms. The number of rotatable bonds is 4. The Morgan fingerprint density at radius 1 is 1.40 bits per heavy atom. The lowest BCUT2D eigenvalue weighted by Crippen LogP contribution is -2.29. The van der Waals surface area contributed by atoms with Gasteiger partial charge in [0.25, 0.3) is 0 Å². The molecule has 1 saturated heterocycles. The Labute approximate surface area is 126 Å². The summed E-state index contributed by atoms with van der Waals surface area (Å²) < 4.78 is 0. The maximum absolute atomic E-state index is 12.2. The van der Waals surface area contributed by atoms with Crippen LogP contribution in [0.5, 0.6) is 0 Å². The van der Waals surface area contributed by atoms with E-state index in [1.165, 1.54) is 12.8 Å². The largest absolute Gasteiger partial charge is 0.399 e. The van der Waals surface area contributed by atoms with E-state index in [1.54, 1.807) is 6.07 Å². The monoisotopic (exact) mass is 294 g/mol. The van der Waals surface area contributed by atoms with E-state index < -0.39 is 0 Å². The van der Waals surface area contributed by atoms with Gasteiger partial charge in [-0.1, -0.05) is 37.4 Å². The Bertz CT molecular complexity index is 476. The lowest BCUT2D eigenvalue weighted by atomic mass is 9.96. The fraction of sp³-hybridized carbons (Fsp3) is 0.562. The minimum absolute atomic E-state index is 0.247. The fourth-order valence-electron chi connectivity index (χ4n) is 2.85. The normalized spacial score (nSPS) is 20.0. The van der Waals surface area contributed by atoms with Crippen molar-refractivity contribution in [3.8, 4) is 0 Å². The summed E-state index contributed by atoms with van der Waals surface area (Å²) in [6.45, 7) is 3.64. The molecule has 2 rings (SSSR count). The van der Waals surface area contributed by atoms with E-state index in [2.05, 4.69) is 6.92 Å². The Morgan fingerprint density at radius 2 is 2.20 bits per heavy atom. The molecule has 0 radical (unpaired) electrons. The standard InChI is InChI=1S/C16H23ClN2O/c1-2-3-12-4-7-16(20)19(9-8-12)11-13-5-6-14(18)10-15(13)17/h5-6,10,12H,2-4,7-9,11,18H2,1H3. The zero-order valence-electron chi connectivity index (χ0n) is 12.1. The van der Waals surface area contributed by atoms with Crippen molar-refractivity contribution in [2.24, 2.45) is 5.92 Å². The summed E-state index contributed by atoms with van der Waals surface area (Å²) in [6, 6.07) is 5.50. The highest BCUT2D eigenvalue weighted by Gasteiger charge is 2.22. The van der Waals surface area contributed by atoms with E-state index in [0.717, 1.165) is 24.9 Å². The van der Waals surface area contributed by atoms with E-state index in [9.17, 15) is 4.79 Å². The molecule has 1 unspecified atom stereocenters. The number of carbonyl (C=O) groups is 1. The predicted octanol–water partition coefficient (Wildman–Crippen LogP) is 3.85. The molecule has 0 saturated carbocycles. The van der Waals surface area contributed by atoms with Gasteiger partial charge >= 0.3 is 0 Å². The van der Waals surface area contributed by atoms with Gasteiger partial charge in [0.05, 0.1) is 0 Å². The minimum Gasteiger partial charge on any atom is -0.399 e. The number of halogens is 1. The molecule has 1 aromatic rings. The molecule has 0 bridgehead atoms. The second kappa shape index (κ2) is 6.98. The Hall–Kier alpha value is -1.22. The predicted molar refractivity (Wildman–Crippen MR) is 83.5 cm³/mol. The second-order valence-corrected chi connectivity index (χ2v) is 6.06. The molecule has 110 valence electrons. The number of nitrogens with zero attached hydrogens (tertiary/aromatic N) is 1. The van der Waals surface area contributed by atoms with Crippen molar-refractivity contribution in [3.63, 3.8) is 0 Å². The zero-order valence-corrected chi connectivity index (χ0v) is 12.8. The first-order chi connectivity index (χ1) is 9.60. The van der Waals surface area contributed by atoms with Crippen molar-refractivity contribution in [2.75, 3.05) is 12.3 Å². The third kappa shape index (κ3) is 3.89. The van der Waals surface area contributed by atoms with Crippen LogP contribution in [-0.2, 0) is 11.3 Å². The van der Waals surface area contributed by atoms with Gasteiger partial charge in [0, 0.05) is 30.2 Å². The third-order valence-corrected chi connectivity index (χ3v) is 4.41. The molecule has 1 aromatic carbocycles. The summed E-state index contributed by atoms with van der Waals surface area (Å²) in [4.78, 5) is 14.1. The number of hydrogen-bond acceptors (Lipinski definition) is 2. The van der Waals surface area contributed by atoms with Crippen LogP contribution in [0.3, 0.4) is 0 Å². The molecule has 2 N–H and O–H groups in total. The molecule has 1 amide bonds. The summed E-state index contributed by atoms with van der Waals surface area (Å²) in [5.74, 6) is 0.937. The number of carbonyl (C=O) groups excluding carboxylic acids is 1. The van der Waals surface area contributed by atoms with Crippen molar-refractivity contribution in [3.05, 3.63) is 28.8 Å². The molecular formula is C16H23ClN2O. The molecule has 3 nitrogen and oxygen atoms in total. The number of hydrogen-bond donors (Lipinski definition) is 1. The summed E-state index contributed by atoms with van der Waals surface area (Å²) in [7, 11) is 0. The molecule has 1 fully saturated rings. The quantitative estimate of drug-likeness (QED) is 0.857. The fourth-order valence-corrected chi connectivity index (χ4v) is 3.10. The van der Waals surface area contributed by atoms with Gasteiger partial charge in [-0.25, -0.2) is 0 Å². The number of nitrogen functional groups attached to an aromatic ring is 1. The van der Waals surface area contributed by atoms with E-state index in [0.29, 0.717) is 29.6 Å². The van der Waals surface area contributed by atoms with Crippen LogP contribution >= 0.6 is 11.6 Å². The van der Waals surface area contributed by atoms with Gasteiger partial charge in [-0.2, -0.15) is 0 Å². The van der Waals surface area contributed by atoms with E-state index in [4.69, 9.17) is 17.3 Å². The maximum atomic E-state index is 12.2. The average Bonchev–Trinajstić information content (AvgIpc) is 2.57. The summed E-state index contributed by atoms with van der Waals surface area (Å²) in [5.41, 5.74) is 7.33. The maximum Gasteiger partial charge on any atom is 0.222 e. The highest BCUT2D eigenvalue weighted by molar-refractivity contribution is 6.31. The molecule has 0 aliphatic carbocycles. The van der Waals surface area contributed by atoms with E-state index in [1.807, 2.05) is 17.0 Å². The lowest BCUT2D eigenvalue weighted by molar-refractivity contribution is -0.131. The summed E-state index contributed by atoms with van der Waals surface area (Å²) in [5, 5.41) is 0.646. The molecule has 20 heavy (non-hydrogen) atoms. The van der Waals surface area contributed by atoms with Gasteiger partial charge < -0.3 is 10.6 Å². The van der Waals surface area contributed by atoms with Crippen LogP contribution in [0.4, 0.5) is 5.69 Å². The number of nitrogens with two attached hydrogens (primary N) is 1. The molecule has 4 heteroatoms. The summed E-state index contributed by atoms with van der Waals surface area (Å²) >= 11 is 6.20. The van der Waals surface area contributed by atoms with Crippen LogP contribution in [0.15, 0.2) is 18.2 Å². The first-order valence-electron chi connectivity index (χ1n) is 7.41. The van der Waals surface area contributed by atoms with Gasteiger partial charge in [0.1, 0.15) is 0 Å². The Balaban J connectivity index is 2.02. The molecular weight excluding hydrogens is 272 g/mol. The third-order valence-electron chi connectivity index (χ3n) is 4.06. The van der Waals surface area contributed by atoms with E-state index >= 15 is 0 Å². The SMILES string of the molecule is CCCC1CCC(=O)N(Cc2ccc(N)cc2Cl)CC1. The van der Waals surface area contributed by atoms with Gasteiger partial charge in [0.15, 0.2) is 0 Å². The number of benzene rings is 1. The topological polar surface area (TPSA) is 46.3 Å². The zero-order chi connectivity index (χ0) is 14.5. The Morgan fingerprint density at radius 3 is 2.90 bits per heavy atom. The van der Waals surface area contributed by atoms with Gasteiger partial charge in [-0.3, -0.25) is 4.79 Å². The molecule has 1 aliphatic rings. The highest BCUT2D eigenvalue weighted by Crippen LogP contribution is 2.26. The van der Waals surface area contributed by atoms with Crippen LogP contribution in [0.2, 0.25) is 5.02 Å². The van der Waals surface area contributed by atoms with Gasteiger partial charge in [-0.15, -0.1) is 0 Å². The van der Waals surface area contributed by atoms with Crippen LogP contribution < -0.4 is 5.73 Å². The highest BCUT2D eigenvalue weighted by atomic mass is 35.5. The summed E-state index contributed by atoms with van der Waals surface area (Å²) in [6.07, 6.45) is 5.22. The number of amides is 1. The van der Waals surface area contributed by atoms with Crippen molar-refractivity contribution in [1.29, 1.82) is 0 Å². The van der Waals surface area contributed by atoms with Crippen LogP contribution in [0.1, 0.15) is 44.6 Å². The van der Waals surface area contributed by atoms with Crippen LogP contribution in [0.25, 0.3) is 0 Å². The molecule has 0 aromatic heterocycles. The molecule has 1 heterocycles.